The second-order valence-electron chi connectivity index (χ2n) is 6.16. The number of hydrogen-bond acceptors (Lipinski definition) is 2. The largest absolute Gasteiger partial charge is 0.328 e. The highest BCUT2D eigenvalue weighted by Gasteiger charge is 2.39. The first kappa shape index (κ1) is 14.0. The second kappa shape index (κ2) is 4.30. The monoisotopic (exact) mass is 263 g/mol. The Morgan fingerprint density at radius 1 is 1.26 bits per heavy atom. The summed E-state index contributed by atoms with van der Waals surface area (Å²) in [6.45, 7) is 11.0. The van der Waals surface area contributed by atoms with Crippen molar-refractivity contribution in [1.82, 2.24) is 9.55 Å². The lowest BCUT2D eigenvalue weighted by atomic mass is 9.74. The van der Waals surface area contributed by atoms with Gasteiger partial charge >= 0.3 is 0 Å². The summed E-state index contributed by atoms with van der Waals surface area (Å²) in [5, 5.41) is 0. The summed E-state index contributed by atoms with van der Waals surface area (Å²) in [6.07, 6.45) is 0. The normalized spacial score (nSPS) is 13.2. The van der Waals surface area contributed by atoms with Crippen LogP contribution in [0.4, 0.5) is 4.39 Å². The van der Waals surface area contributed by atoms with Crippen molar-refractivity contribution in [3.8, 4) is 0 Å². The lowest BCUT2D eigenvalue weighted by Gasteiger charge is -2.38. The zero-order chi connectivity index (χ0) is 14.4. The van der Waals surface area contributed by atoms with Gasteiger partial charge in [-0.1, -0.05) is 13.8 Å². The molecule has 0 bridgehead atoms. The molecule has 1 aromatic carbocycles. The van der Waals surface area contributed by atoms with Gasteiger partial charge in [-0.25, -0.2) is 9.37 Å². The predicted molar refractivity (Wildman–Crippen MR) is 76.7 cm³/mol. The third kappa shape index (κ3) is 2.14. The van der Waals surface area contributed by atoms with Gasteiger partial charge in [-0.2, -0.15) is 0 Å². The smallest absolute Gasteiger partial charge is 0.125 e. The van der Waals surface area contributed by atoms with Gasteiger partial charge in [0.1, 0.15) is 11.6 Å². The molecule has 0 aliphatic rings. The first-order valence-corrected chi connectivity index (χ1v) is 6.63. The average molecular weight is 263 g/mol. The molecule has 0 saturated heterocycles. The molecule has 0 atom stereocenters. The Balaban J connectivity index is 2.74. The van der Waals surface area contributed by atoms with E-state index >= 15 is 0 Å². The lowest BCUT2D eigenvalue weighted by molar-refractivity contribution is 0.283. The van der Waals surface area contributed by atoms with E-state index in [-0.39, 0.29) is 11.2 Å². The molecule has 0 radical (unpaired) electrons. The molecule has 19 heavy (non-hydrogen) atoms. The van der Waals surface area contributed by atoms with E-state index in [1.165, 1.54) is 12.1 Å². The van der Waals surface area contributed by atoms with E-state index in [1.807, 2.05) is 13.8 Å². The molecule has 104 valence electrons. The number of aromatic nitrogens is 2. The fourth-order valence-corrected chi connectivity index (χ4v) is 2.19. The van der Waals surface area contributed by atoms with E-state index in [9.17, 15) is 4.39 Å². The Morgan fingerprint density at radius 3 is 2.42 bits per heavy atom. The van der Waals surface area contributed by atoms with Crippen molar-refractivity contribution in [2.75, 3.05) is 0 Å². The molecule has 2 rings (SSSR count). The lowest BCUT2D eigenvalue weighted by Crippen LogP contribution is -2.51. The maximum atomic E-state index is 13.3. The number of halogens is 1. The van der Waals surface area contributed by atoms with Gasteiger partial charge in [0, 0.05) is 23.6 Å². The van der Waals surface area contributed by atoms with Gasteiger partial charge in [0.2, 0.25) is 0 Å². The van der Waals surface area contributed by atoms with Crippen molar-refractivity contribution in [3.05, 3.63) is 29.8 Å². The maximum absolute atomic E-state index is 13.3. The third-order valence-corrected chi connectivity index (χ3v) is 4.20. The zero-order valence-electron chi connectivity index (χ0n) is 12.3. The van der Waals surface area contributed by atoms with Gasteiger partial charge < -0.3 is 10.3 Å². The quantitative estimate of drug-likeness (QED) is 0.924. The van der Waals surface area contributed by atoms with Crippen molar-refractivity contribution in [1.29, 1.82) is 0 Å². The number of hydrogen-bond donors (Lipinski definition) is 1. The molecule has 1 heterocycles. The van der Waals surface area contributed by atoms with E-state index in [2.05, 4.69) is 30.3 Å². The molecule has 0 amide bonds. The van der Waals surface area contributed by atoms with Crippen LogP contribution in [0, 0.1) is 5.82 Å². The summed E-state index contributed by atoms with van der Waals surface area (Å²) in [4.78, 5) is 4.63. The molecule has 2 aromatic rings. The van der Waals surface area contributed by atoms with Gasteiger partial charge in [-0.05, 0) is 32.9 Å². The Kier molecular flexibility index (Phi) is 3.17. The number of imidazole rings is 1. The first-order valence-electron chi connectivity index (χ1n) is 6.63. The summed E-state index contributed by atoms with van der Waals surface area (Å²) in [5.74, 6) is 0.646. The van der Waals surface area contributed by atoms with Crippen LogP contribution in [0.3, 0.4) is 0 Å². The molecular weight excluding hydrogens is 241 g/mol. The minimum absolute atomic E-state index is 0.260. The topological polar surface area (TPSA) is 43.8 Å². The fourth-order valence-electron chi connectivity index (χ4n) is 2.19. The number of nitrogens with zero attached hydrogens (tertiary/aromatic N) is 2. The van der Waals surface area contributed by atoms with Crippen LogP contribution in [0.5, 0.6) is 0 Å². The molecule has 1 aromatic heterocycles. The van der Waals surface area contributed by atoms with E-state index in [1.54, 1.807) is 6.07 Å². The Hall–Kier alpha value is -1.42. The van der Waals surface area contributed by atoms with E-state index in [0.29, 0.717) is 5.52 Å². The van der Waals surface area contributed by atoms with Gasteiger partial charge in [-0.3, -0.25) is 0 Å². The highest BCUT2D eigenvalue weighted by atomic mass is 19.1. The molecule has 0 saturated carbocycles. The molecule has 2 N–H and O–H groups in total. The summed E-state index contributed by atoms with van der Waals surface area (Å²) >= 11 is 0. The van der Waals surface area contributed by atoms with Crippen LogP contribution < -0.4 is 5.73 Å². The van der Waals surface area contributed by atoms with Gasteiger partial charge in [-0.15, -0.1) is 0 Å². The summed E-state index contributed by atoms with van der Waals surface area (Å²) in [6, 6.07) is 4.73. The molecule has 3 nitrogen and oxygen atoms in total. The van der Waals surface area contributed by atoms with Crippen LogP contribution in [0.2, 0.25) is 0 Å². The number of nitrogens with two attached hydrogens (primary N) is 1. The summed E-state index contributed by atoms with van der Waals surface area (Å²) < 4.78 is 15.5. The highest BCUT2D eigenvalue weighted by molar-refractivity contribution is 5.76. The molecular formula is C15H22FN3. The third-order valence-electron chi connectivity index (χ3n) is 4.20. The number of fused-ring (bicyclic) bond motifs is 1. The Morgan fingerprint density at radius 2 is 1.89 bits per heavy atom. The first-order chi connectivity index (χ1) is 8.68. The molecule has 0 unspecified atom stereocenters. The molecule has 0 spiro atoms. The zero-order valence-corrected chi connectivity index (χ0v) is 12.3. The van der Waals surface area contributed by atoms with Crippen LogP contribution in [0.1, 0.15) is 40.4 Å². The Bertz CT molecular complexity index is 606. The minimum atomic E-state index is -0.417. The SMILES string of the molecule is CCn1c(C(C)(C)C(C)(C)N)nc2cc(F)ccc21. The van der Waals surface area contributed by atoms with Crippen molar-refractivity contribution < 1.29 is 4.39 Å². The van der Waals surface area contributed by atoms with Gasteiger partial charge in [0.05, 0.1) is 11.0 Å². The average Bonchev–Trinajstić information content (AvgIpc) is 2.65. The van der Waals surface area contributed by atoms with Gasteiger partial charge in [0.15, 0.2) is 0 Å². The number of aryl methyl sites for hydroxylation is 1. The molecule has 4 heteroatoms. The fraction of sp³-hybridized carbons (Fsp3) is 0.533. The van der Waals surface area contributed by atoms with Crippen LogP contribution >= 0.6 is 0 Å². The molecule has 0 aliphatic carbocycles. The highest BCUT2D eigenvalue weighted by Crippen LogP contribution is 2.34. The summed E-state index contributed by atoms with van der Waals surface area (Å²) in [5.41, 5.74) is 7.21. The van der Waals surface area contributed by atoms with E-state index < -0.39 is 5.54 Å². The van der Waals surface area contributed by atoms with Crippen LogP contribution in [0.15, 0.2) is 18.2 Å². The minimum Gasteiger partial charge on any atom is -0.328 e. The molecule has 0 fully saturated rings. The van der Waals surface area contributed by atoms with Crippen molar-refractivity contribution in [2.24, 2.45) is 5.73 Å². The van der Waals surface area contributed by atoms with Crippen molar-refractivity contribution in [2.45, 2.75) is 52.1 Å². The molecule has 0 aliphatic heterocycles. The second-order valence-corrected chi connectivity index (χ2v) is 6.16. The number of benzene rings is 1. The van der Waals surface area contributed by atoms with Gasteiger partial charge in [0.25, 0.3) is 0 Å². The van der Waals surface area contributed by atoms with Crippen LogP contribution in [-0.2, 0) is 12.0 Å². The Labute approximate surface area is 113 Å². The van der Waals surface area contributed by atoms with Crippen LogP contribution in [0.25, 0.3) is 11.0 Å². The summed E-state index contributed by atoms with van der Waals surface area (Å²) in [7, 11) is 0. The van der Waals surface area contributed by atoms with E-state index in [4.69, 9.17) is 5.73 Å². The number of rotatable bonds is 3. The predicted octanol–water partition coefficient (Wildman–Crippen LogP) is 3.21. The standard InChI is InChI=1S/C15H22FN3/c1-6-19-12-8-7-10(16)9-11(12)18-13(19)14(2,3)15(4,5)17/h7-9H,6,17H2,1-5H3. The van der Waals surface area contributed by atoms with Crippen molar-refractivity contribution in [3.63, 3.8) is 0 Å². The van der Waals surface area contributed by atoms with Crippen LogP contribution in [-0.4, -0.2) is 15.1 Å². The maximum Gasteiger partial charge on any atom is 0.125 e. The van der Waals surface area contributed by atoms with E-state index in [0.717, 1.165) is 17.9 Å². The van der Waals surface area contributed by atoms with Crippen molar-refractivity contribution >= 4 is 11.0 Å².